The van der Waals surface area contributed by atoms with Crippen LogP contribution in [0.25, 0.3) is 0 Å². The molecule has 0 spiro atoms. The number of aliphatic hydroxyl groups excluding tert-OH is 3. The van der Waals surface area contributed by atoms with E-state index in [1.54, 1.807) is 0 Å². The molecule has 65 heavy (non-hydrogen) atoms. The van der Waals surface area contributed by atoms with E-state index in [1.807, 2.05) is 0 Å². The molecule has 0 bridgehead atoms. The number of carbonyl (C=O) groups excluding carboxylic acids is 1. The van der Waals surface area contributed by atoms with Crippen molar-refractivity contribution in [1.82, 2.24) is 5.32 Å². The normalized spacial score (nSPS) is 13.5. The smallest absolute Gasteiger partial charge is 0.220 e. The minimum atomic E-state index is -1.17. The second-order valence-electron chi connectivity index (χ2n) is 20.2. The van der Waals surface area contributed by atoms with Crippen molar-refractivity contribution in [2.45, 2.75) is 334 Å². The molecular weight excluding hydrogens is 799 g/mol. The van der Waals surface area contributed by atoms with Gasteiger partial charge in [0.25, 0.3) is 0 Å². The highest BCUT2D eigenvalue weighted by atomic mass is 16.3. The third-order valence-electron chi connectivity index (χ3n) is 13.7. The number of nitrogens with one attached hydrogen (secondary N) is 1. The summed E-state index contributed by atoms with van der Waals surface area (Å²) in [5.41, 5.74) is 0. The Labute approximate surface area is 406 Å². The molecule has 0 rings (SSSR count). The lowest BCUT2D eigenvalue weighted by Gasteiger charge is -2.26. The fourth-order valence-corrected chi connectivity index (χ4v) is 9.18. The Kier molecular flexibility index (Phi) is 54.0. The van der Waals surface area contributed by atoms with Crippen LogP contribution in [0.4, 0.5) is 0 Å². The summed E-state index contributed by atoms with van der Waals surface area (Å²) in [6.07, 6.45) is 71.7. The Morgan fingerprint density at radius 3 is 0.938 bits per heavy atom. The minimum absolute atomic E-state index is 0.154. The van der Waals surface area contributed by atoms with Crippen LogP contribution in [0.3, 0.4) is 0 Å². The van der Waals surface area contributed by atoms with Crippen molar-refractivity contribution in [3.05, 3.63) is 36.5 Å². The van der Waals surface area contributed by atoms with Gasteiger partial charge in [-0.25, -0.2) is 0 Å². The van der Waals surface area contributed by atoms with Crippen molar-refractivity contribution in [3.8, 4) is 0 Å². The number of allylic oxidation sites excluding steroid dienone is 6. The number of amides is 1. The van der Waals surface area contributed by atoms with Crippen molar-refractivity contribution < 1.29 is 20.1 Å². The monoisotopic (exact) mass is 914 g/mol. The van der Waals surface area contributed by atoms with Gasteiger partial charge in [0.2, 0.25) is 5.91 Å². The van der Waals surface area contributed by atoms with E-state index < -0.39 is 18.2 Å². The lowest BCUT2D eigenvalue weighted by Crippen LogP contribution is -2.50. The molecule has 0 aromatic rings. The van der Waals surface area contributed by atoms with Crippen molar-refractivity contribution >= 4 is 5.91 Å². The van der Waals surface area contributed by atoms with Gasteiger partial charge in [0.15, 0.2) is 0 Å². The van der Waals surface area contributed by atoms with Crippen molar-refractivity contribution in [2.75, 3.05) is 6.61 Å². The van der Waals surface area contributed by atoms with Gasteiger partial charge >= 0.3 is 0 Å². The first kappa shape index (κ1) is 63.6. The van der Waals surface area contributed by atoms with Gasteiger partial charge in [-0.15, -0.1) is 0 Å². The summed E-state index contributed by atoms with van der Waals surface area (Å²) in [4.78, 5) is 12.5. The van der Waals surface area contributed by atoms with Gasteiger partial charge in [-0.1, -0.05) is 269 Å². The van der Waals surface area contributed by atoms with Crippen LogP contribution >= 0.6 is 0 Å². The summed E-state index contributed by atoms with van der Waals surface area (Å²) < 4.78 is 0. The maximum atomic E-state index is 12.5. The van der Waals surface area contributed by atoms with E-state index in [0.29, 0.717) is 12.8 Å². The Hall–Kier alpha value is -1.43. The number of unbranched alkanes of at least 4 members (excludes halogenated alkanes) is 40. The third kappa shape index (κ3) is 50.3. The summed E-state index contributed by atoms with van der Waals surface area (Å²) in [5, 5.41) is 33.7. The van der Waals surface area contributed by atoms with Gasteiger partial charge in [-0.05, 0) is 77.0 Å². The van der Waals surface area contributed by atoms with E-state index in [1.165, 1.54) is 244 Å². The molecule has 3 atom stereocenters. The topological polar surface area (TPSA) is 89.8 Å². The molecule has 0 aromatic carbocycles. The number of hydrogen-bond acceptors (Lipinski definition) is 4. The molecule has 5 heteroatoms. The Morgan fingerprint density at radius 2 is 0.631 bits per heavy atom. The van der Waals surface area contributed by atoms with Crippen molar-refractivity contribution in [1.29, 1.82) is 0 Å². The van der Waals surface area contributed by atoms with Crippen LogP contribution in [0.1, 0.15) is 316 Å². The standard InChI is InChI=1S/C60H115NO4/c1-3-5-7-9-11-13-15-17-19-21-23-24-25-26-27-28-29-30-31-32-33-34-35-37-39-41-43-45-47-49-51-53-55-59(64)61-57(56-62)60(65)58(63)54-52-50-48-46-44-42-40-38-36-22-20-18-16-14-12-10-8-6-4-2/h26-27,38,40,46,48,57-58,60,62-63,65H,3-25,28-37,39,41-45,47,49-56H2,1-2H3,(H,61,64)/b27-26-,40-38+,48-46+. The van der Waals surface area contributed by atoms with Crippen LogP contribution in [0.2, 0.25) is 0 Å². The van der Waals surface area contributed by atoms with Gasteiger partial charge in [-0.2, -0.15) is 0 Å². The van der Waals surface area contributed by atoms with Crippen LogP contribution in [-0.2, 0) is 4.79 Å². The molecule has 0 aliphatic carbocycles. The van der Waals surface area contributed by atoms with Crippen LogP contribution in [0.5, 0.6) is 0 Å². The van der Waals surface area contributed by atoms with E-state index in [9.17, 15) is 20.1 Å². The molecule has 0 saturated heterocycles. The Morgan fingerprint density at radius 1 is 0.369 bits per heavy atom. The largest absolute Gasteiger partial charge is 0.394 e. The first-order chi connectivity index (χ1) is 32.1. The maximum absolute atomic E-state index is 12.5. The molecule has 1 amide bonds. The summed E-state index contributed by atoms with van der Waals surface area (Å²) in [6, 6.07) is -0.832. The minimum Gasteiger partial charge on any atom is -0.394 e. The summed E-state index contributed by atoms with van der Waals surface area (Å²) in [7, 11) is 0. The molecule has 5 nitrogen and oxygen atoms in total. The van der Waals surface area contributed by atoms with Crippen LogP contribution in [0, 0.1) is 0 Å². The summed E-state index contributed by atoms with van der Waals surface area (Å²) in [5.74, 6) is -0.154. The highest BCUT2D eigenvalue weighted by Crippen LogP contribution is 2.17. The quantitative estimate of drug-likeness (QED) is 0.0361. The molecule has 4 N–H and O–H groups in total. The number of rotatable bonds is 54. The van der Waals surface area contributed by atoms with Crippen molar-refractivity contribution in [3.63, 3.8) is 0 Å². The van der Waals surface area contributed by atoms with Gasteiger partial charge in [0, 0.05) is 6.42 Å². The first-order valence-corrected chi connectivity index (χ1v) is 29.3. The number of aliphatic hydroxyl groups is 3. The third-order valence-corrected chi connectivity index (χ3v) is 13.7. The first-order valence-electron chi connectivity index (χ1n) is 29.3. The Bertz CT molecular complexity index is 1010. The average Bonchev–Trinajstić information content (AvgIpc) is 3.31. The van der Waals surface area contributed by atoms with Crippen LogP contribution in [0.15, 0.2) is 36.5 Å². The van der Waals surface area contributed by atoms with Crippen LogP contribution in [-0.4, -0.2) is 46.1 Å². The predicted molar refractivity (Wildman–Crippen MR) is 287 cm³/mol. The average molecular weight is 915 g/mol. The highest BCUT2D eigenvalue weighted by molar-refractivity contribution is 5.76. The van der Waals surface area contributed by atoms with E-state index in [2.05, 4.69) is 55.6 Å². The fraction of sp³-hybridized carbons (Fsp3) is 0.883. The molecular formula is C60H115NO4. The van der Waals surface area contributed by atoms with Gasteiger partial charge < -0.3 is 20.6 Å². The molecule has 0 fully saturated rings. The fourth-order valence-electron chi connectivity index (χ4n) is 9.18. The molecule has 0 aromatic heterocycles. The second-order valence-corrected chi connectivity index (χ2v) is 20.2. The molecule has 3 unspecified atom stereocenters. The Balaban J connectivity index is 3.53. The van der Waals surface area contributed by atoms with Gasteiger partial charge in [0.1, 0.15) is 6.10 Å². The molecule has 0 aliphatic heterocycles. The molecule has 0 radical (unpaired) electrons. The molecule has 0 heterocycles. The van der Waals surface area contributed by atoms with Gasteiger partial charge in [-0.3, -0.25) is 4.79 Å². The van der Waals surface area contributed by atoms with Crippen LogP contribution < -0.4 is 5.32 Å². The van der Waals surface area contributed by atoms with Gasteiger partial charge in [0.05, 0.1) is 18.8 Å². The SMILES string of the molecule is CCCCCCCCCCCC/C=C/CC/C=C/CCCC(O)C(O)C(CO)NC(=O)CCCCCCCCCCCCCCCCCC/C=C\CCCCCCCCCCCCCC. The number of carbonyl (C=O) groups is 1. The maximum Gasteiger partial charge on any atom is 0.220 e. The van der Waals surface area contributed by atoms with Crippen molar-refractivity contribution in [2.24, 2.45) is 0 Å². The zero-order valence-corrected chi connectivity index (χ0v) is 43.9. The molecule has 384 valence electrons. The van der Waals surface area contributed by atoms with E-state index in [-0.39, 0.29) is 12.5 Å². The zero-order chi connectivity index (χ0) is 47.2. The van der Waals surface area contributed by atoms with E-state index in [0.717, 1.165) is 44.9 Å². The predicted octanol–water partition coefficient (Wildman–Crippen LogP) is 18.2. The van der Waals surface area contributed by atoms with E-state index in [4.69, 9.17) is 0 Å². The van der Waals surface area contributed by atoms with E-state index >= 15 is 0 Å². The summed E-state index contributed by atoms with van der Waals surface area (Å²) >= 11 is 0. The highest BCUT2D eigenvalue weighted by Gasteiger charge is 2.26. The lowest BCUT2D eigenvalue weighted by molar-refractivity contribution is -0.124. The second kappa shape index (κ2) is 55.2. The molecule has 0 aliphatic rings. The zero-order valence-electron chi connectivity index (χ0n) is 43.9. The molecule has 0 saturated carbocycles. The lowest BCUT2D eigenvalue weighted by atomic mass is 10.0. The summed E-state index contributed by atoms with van der Waals surface area (Å²) in [6.45, 7) is 4.19. The number of hydrogen-bond donors (Lipinski definition) is 4.